The number of hydrogen-bond donors (Lipinski definition) is 1. The van der Waals surface area contributed by atoms with Gasteiger partial charge in [-0.3, -0.25) is 9.10 Å². The van der Waals surface area contributed by atoms with Gasteiger partial charge in [-0.2, -0.15) is 5.26 Å². The number of nitrogens with zero attached hydrogens (tertiary/aromatic N) is 2. The predicted molar refractivity (Wildman–Crippen MR) is 145 cm³/mol. The van der Waals surface area contributed by atoms with Crippen LogP contribution in [-0.2, 0) is 43.6 Å². The fourth-order valence-electron chi connectivity index (χ4n) is 4.72. The van der Waals surface area contributed by atoms with Crippen LogP contribution in [0.2, 0.25) is 0 Å². The van der Waals surface area contributed by atoms with E-state index < -0.39 is 28.5 Å². The van der Waals surface area contributed by atoms with Gasteiger partial charge in [0.05, 0.1) is 16.1 Å². The average Bonchev–Trinajstić information content (AvgIpc) is 3.52. The van der Waals surface area contributed by atoms with Gasteiger partial charge in [-0.1, -0.05) is 30.3 Å². The Bertz CT molecular complexity index is 1570. The molecule has 0 spiro atoms. The quantitative estimate of drug-likeness (QED) is 0.345. The van der Waals surface area contributed by atoms with Crippen LogP contribution in [0.15, 0.2) is 59.5 Å². The van der Waals surface area contributed by atoms with Gasteiger partial charge in [0.2, 0.25) is 0 Å². The summed E-state index contributed by atoms with van der Waals surface area (Å²) < 4.78 is 32.7. The topological polar surface area (TPSA) is 117 Å². The van der Waals surface area contributed by atoms with Crippen LogP contribution in [0.5, 0.6) is 0 Å². The molecule has 3 aromatic rings. The van der Waals surface area contributed by atoms with Gasteiger partial charge < -0.3 is 10.1 Å². The number of carbonyl (C=O) groups is 2. The molecule has 1 aliphatic carbocycles. The summed E-state index contributed by atoms with van der Waals surface area (Å²) in [4.78, 5) is 25.7. The lowest BCUT2D eigenvalue weighted by atomic mass is 9.96. The first kappa shape index (κ1) is 25.7. The van der Waals surface area contributed by atoms with E-state index >= 15 is 0 Å². The zero-order valence-electron chi connectivity index (χ0n) is 20.5. The Balaban J connectivity index is 1.16. The lowest BCUT2D eigenvalue weighted by molar-refractivity contribution is -0.142. The molecular formula is C28H25N3O5S2. The first-order chi connectivity index (χ1) is 18.4. The van der Waals surface area contributed by atoms with Gasteiger partial charge in [0.25, 0.3) is 15.9 Å². The van der Waals surface area contributed by atoms with Crippen molar-refractivity contribution in [1.82, 2.24) is 0 Å². The first-order valence-electron chi connectivity index (χ1n) is 12.3. The van der Waals surface area contributed by atoms with Crippen LogP contribution in [0.4, 0.5) is 10.7 Å². The fraction of sp³-hybridized carbons (Fsp3) is 0.250. The third-order valence-electron chi connectivity index (χ3n) is 6.61. The Morgan fingerprint density at radius 2 is 1.84 bits per heavy atom. The SMILES string of the molecule is N#Cc1c(NC(=O)COC(=O)C=Cc2ccc(S(=O)(=O)N3CCc4ccccc43)cc2)sc2c1CCCC2. The molecule has 194 valence electrons. The molecule has 1 aromatic heterocycles. The second kappa shape index (κ2) is 10.8. The van der Waals surface area contributed by atoms with Gasteiger partial charge in [0.15, 0.2) is 6.61 Å². The van der Waals surface area contributed by atoms with Crippen LogP contribution in [0.1, 0.15) is 40.0 Å². The second-order valence-electron chi connectivity index (χ2n) is 9.04. The van der Waals surface area contributed by atoms with E-state index in [1.165, 1.54) is 39.9 Å². The Hall–Kier alpha value is -3.94. The van der Waals surface area contributed by atoms with E-state index in [1.54, 1.807) is 18.2 Å². The number of benzene rings is 2. The summed E-state index contributed by atoms with van der Waals surface area (Å²) in [6.07, 6.45) is 7.18. The largest absolute Gasteiger partial charge is 0.452 e. The highest BCUT2D eigenvalue weighted by molar-refractivity contribution is 7.92. The number of para-hydroxylation sites is 1. The zero-order chi connectivity index (χ0) is 26.7. The highest BCUT2D eigenvalue weighted by atomic mass is 32.2. The van der Waals surface area contributed by atoms with Crippen molar-refractivity contribution in [3.63, 3.8) is 0 Å². The highest BCUT2D eigenvalue weighted by Gasteiger charge is 2.30. The Labute approximate surface area is 225 Å². The number of hydrogen-bond acceptors (Lipinski definition) is 7. The van der Waals surface area contributed by atoms with E-state index in [1.807, 2.05) is 18.2 Å². The van der Waals surface area contributed by atoms with Crippen molar-refractivity contribution in [3.8, 4) is 6.07 Å². The third-order valence-corrected chi connectivity index (χ3v) is 9.64. The molecule has 5 rings (SSSR count). The minimum atomic E-state index is -3.70. The molecule has 2 aromatic carbocycles. The van der Waals surface area contributed by atoms with Crippen LogP contribution in [-0.4, -0.2) is 33.4 Å². The van der Waals surface area contributed by atoms with Crippen molar-refractivity contribution in [1.29, 1.82) is 5.26 Å². The number of thiophene rings is 1. The molecular weight excluding hydrogens is 522 g/mol. The molecule has 38 heavy (non-hydrogen) atoms. The number of anilines is 2. The number of carbonyl (C=O) groups excluding carboxylic acids is 2. The van der Waals surface area contributed by atoms with Gasteiger partial charge in [-0.25, -0.2) is 13.2 Å². The van der Waals surface area contributed by atoms with Crippen molar-refractivity contribution in [2.24, 2.45) is 0 Å². The monoisotopic (exact) mass is 547 g/mol. The minimum absolute atomic E-state index is 0.164. The number of nitrogens with one attached hydrogen (secondary N) is 1. The van der Waals surface area contributed by atoms with Gasteiger partial charge in [0, 0.05) is 17.5 Å². The third kappa shape index (κ3) is 5.21. The maximum absolute atomic E-state index is 13.1. The number of amides is 1. The number of sulfonamides is 1. The number of esters is 1. The molecule has 1 N–H and O–H groups in total. The molecule has 0 fully saturated rings. The molecule has 2 heterocycles. The summed E-state index contributed by atoms with van der Waals surface area (Å²) in [7, 11) is -3.70. The average molecular weight is 548 g/mol. The lowest BCUT2D eigenvalue weighted by Gasteiger charge is -2.19. The van der Waals surface area contributed by atoms with E-state index in [2.05, 4.69) is 11.4 Å². The normalized spacial score (nSPS) is 14.6. The number of aryl methyl sites for hydroxylation is 1. The molecule has 2 aliphatic rings. The zero-order valence-corrected chi connectivity index (χ0v) is 22.1. The Morgan fingerprint density at radius 1 is 1.08 bits per heavy atom. The molecule has 8 nitrogen and oxygen atoms in total. The molecule has 0 saturated heterocycles. The van der Waals surface area contributed by atoms with Crippen LogP contribution in [0.3, 0.4) is 0 Å². The maximum atomic E-state index is 13.1. The summed E-state index contributed by atoms with van der Waals surface area (Å²) in [5.41, 5.74) is 3.83. The van der Waals surface area contributed by atoms with Crippen LogP contribution in [0.25, 0.3) is 6.08 Å². The van der Waals surface area contributed by atoms with E-state index in [-0.39, 0.29) is 4.90 Å². The molecule has 1 amide bonds. The molecule has 1 aliphatic heterocycles. The van der Waals surface area contributed by atoms with Crippen molar-refractivity contribution < 1.29 is 22.7 Å². The standard InChI is InChI=1S/C28H25N3O5S2/c29-17-23-22-6-2-4-8-25(22)37-28(23)30-26(32)18-36-27(33)14-11-19-9-12-21(13-10-19)38(34,35)31-16-15-20-5-1-3-7-24(20)31/h1,3,5,7,9-14H,2,4,6,8,15-16,18H2,(H,30,32). The summed E-state index contributed by atoms with van der Waals surface area (Å²) in [6, 6.07) is 15.8. The number of ether oxygens (including phenoxy) is 1. The van der Waals surface area contributed by atoms with E-state index in [0.717, 1.165) is 41.7 Å². The van der Waals surface area contributed by atoms with E-state index in [9.17, 15) is 23.3 Å². The van der Waals surface area contributed by atoms with E-state index in [0.29, 0.717) is 34.8 Å². The number of fused-ring (bicyclic) bond motifs is 2. The van der Waals surface area contributed by atoms with E-state index in [4.69, 9.17) is 4.74 Å². The van der Waals surface area contributed by atoms with Gasteiger partial charge in [-0.05, 0) is 73.1 Å². The van der Waals surface area contributed by atoms with Crippen LogP contribution in [0, 0.1) is 11.3 Å². The number of nitriles is 1. The van der Waals surface area contributed by atoms with Crippen molar-refractivity contribution in [3.05, 3.63) is 81.7 Å². The molecule has 0 radical (unpaired) electrons. The molecule has 0 saturated carbocycles. The highest BCUT2D eigenvalue weighted by Crippen LogP contribution is 2.37. The second-order valence-corrected chi connectivity index (χ2v) is 12.0. The molecule has 0 unspecified atom stereocenters. The van der Waals surface area contributed by atoms with Gasteiger partial charge in [0.1, 0.15) is 11.1 Å². The Morgan fingerprint density at radius 3 is 2.63 bits per heavy atom. The van der Waals surface area contributed by atoms with Gasteiger partial charge >= 0.3 is 5.97 Å². The first-order valence-corrected chi connectivity index (χ1v) is 14.5. The van der Waals surface area contributed by atoms with Crippen molar-refractivity contribution in [2.45, 2.75) is 37.0 Å². The summed E-state index contributed by atoms with van der Waals surface area (Å²) >= 11 is 1.41. The van der Waals surface area contributed by atoms with Crippen molar-refractivity contribution >= 4 is 50.0 Å². The lowest BCUT2D eigenvalue weighted by Crippen LogP contribution is -2.29. The van der Waals surface area contributed by atoms with Crippen LogP contribution >= 0.6 is 11.3 Å². The fourth-order valence-corrected chi connectivity index (χ4v) is 7.48. The maximum Gasteiger partial charge on any atom is 0.331 e. The van der Waals surface area contributed by atoms with Gasteiger partial charge in [-0.15, -0.1) is 11.3 Å². The number of rotatable bonds is 7. The predicted octanol–water partition coefficient (Wildman–Crippen LogP) is 4.45. The molecule has 0 bridgehead atoms. The Kier molecular flexibility index (Phi) is 7.31. The summed E-state index contributed by atoms with van der Waals surface area (Å²) in [5, 5.41) is 12.7. The summed E-state index contributed by atoms with van der Waals surface area (Å²) in [6.45, 7) is -0.0829. The smallest absolute Gasteiger partial charge is 0.331 e. The van der Waals surface area contributed by atoms with Crippen molar-refractivity contribution in [2.75, 3.05) is 22.8 Å². The molecule has 0 atom stereocenters. The van der Waals surface area contributed by atoms with Crippen LogP contribution < -0.4 is 9.62 Å². The molecule has 10 heteroatoms. The summed E-state index contributed by atoms with van der Waals surface area (Å²) in [5.74, 6) is -1.23. The minimum Gasteiger partial charge on any atom is -0.452 e.